The monoisotopic (exact) mass is 308 g/mol. The molecule has 0 bridgehead atoms. The van der Waals surface area contributed by atoms with Crippen molar-refractivity contribution in [3.8, 4) is 0 Å². The van der Waals surface area contributed by atoms with Crippen molar-refractivity contribution in [3.63, 3.8) is 0 Å². The minimum absolute atomic E-state index is 0.186. The van der Waals surface area contributed by atoms with E-state index >= 15 is 0 Å². The van der Waals surface area contributed by atoms with Gasteiger partial charge < -0.3 is 0 Å². The number of sulfone groups is 1. The third-order valence-electron chi connectivity index (χ3n) is 1.46. The topological polar surface area (TPSA) is 88.5 Å². The molecule has 5 nitrogen and oxygen atoms in total. The molecule has 0 aliphatic heterocycles. The van der Waals surface area contributed by atoms with Crippen LogP contribution in [-0.4, -0.2) is 50.7 Å². The maximum Gasteiger partial charge on any atom is 0.264 e. The molecule has 0 rings (SSSR count). The van der Waals surface area contributed by atoms with Gasteiger partial charge >= 0.3 is 0 Å². The van der Waals surface area contributed by atoms with Gasteiger partial charge in [-0.3, -0.25) is 4.55 Å². The van der Waals surface area contributed by atoms with E-state index in [9.17, 15) is 16.8 Å². The highest BCUT2D eigenvalue weighted by Crippen LogP contribution is 2.22. The molecule has 0 saturated carbocycles. The fourth-order valence-electron chi connectivity index (χ4n) is 0.798. The fraction of sp³-hybridized carbons (Fsp3) is 1.00. The van der Waals surface area contributed by atoms with E-state index in [-0.39, 0.29) is 11.5 Å². The summed E-state index contributed by atoms with van der Waals surface area (Å²) in [5.74, 6) is 1.32. The summed E-state index contributed by atoms with van der Waals surface area (Å²) in [7, 11) is -3.71. The lowest BCUT2D eigenvalue weighted by molar-refractivity contribution is 0.482. The first-order valence-electron chi connectivity index (χ1n) is 4.58. The first-order valence-corrected chi connectivity index (χ1v) is 10.7. The summed E-state index contributed by atoms with van der Waals surface area (Å²) in [5, 5.41) is 0. The fourth-order valence-corrected chi connectivity index (χ4v) is 4.52. The van der Waals surface area contributed by atoms with E-state index in [0.717, 1.165) is 5.75 Å². The normalized spacial score (nSPS) is 12.9. The highest BCUT2D eigenvalue weighted by atomic mass is 33.1. The Morgan fingerprint density at radius 1 is 0.938 bits per heavy atom. The Kier molecular flexibility index (Phi) is 8.08. The van der Waals surface area contributed by atoms with Crippen molar-refractivity contribution in [2.24, 2.45) is 0 Å². The second-order valence-electron chi connectivity index (χ2n) is 3.27. The molecule has 0 aliphatic rings. The second-order valence-corrected chi connectivity index (χ2v) is 9.80. The maximum absolute atomic E-state index is 10.8. The summed E-state index contributed by atoms with van der Waals surface area (Å²) in [5.41, 5.74) is 0. The predicted molar refractivity (Wildman–Crippen MR) is 70.3 cm³/mol. The molecule has 16 heavy (non-hydrogen) atoms. The summed E-state index contributed by atoms with van der Waals surface area (Å²) in [6, 6.07) is 0. The smallest absolute Gasteiger partial charge is 0.264 e. The summed E-state index contributed by atoms with van der Waals surface area (Å²) in [6.07, 6.45) is 2.22. The van der Waals surface area contributed by atoms with Crippen molar-refractivity contribution >= 4 is 41.5 Å². The van der Waals surface area contributed by atoms with Crippen molar-refractivity contribution in [2.45, 2.75) is 12.8 Å². The van der Waals surface area contributed by atoms with Gasteiger partial charge in [0.2, 0.25) is 0 Å². The lowest BCUT2D eigenvalue weighted by Gasteiger charge is -2.00. The van der Waals surface area contributed by atoms with Gasteiger partial charge in [0.05, 0.1) is 11.5 Å². The second kappa shape index (κ2) is 7.80. The molecule has 1 N–H and O–H groups in total. The Morgan fingerprint density at radius 3 is 1.75 bits per heavy atom. The molecular formula is C7H16O5S4. The molecule has 98 valence electrons. The van der Waals surface area contributed by atoms with Gasteiger partial charge in [-0.2, -0.15) is 8.42 Å². The summed E-state index contributed by atoms with van der Waals surface area (Å²) >= 11 is 0. The number of rotatable bonds is 9. The molecule has 0 fully saturated rings. The third-order valence-corrected chi connectivity index (χ3v) is 5.87. The van der Waals surface area contributed by atoms with Crippen LogP contribution < -0.4 is 0 Å². The molecule has 0 aromatic rings. The highest BCUT2D eigenvalue weighted by Gasteiger charge is 2.04. The van der Waals surface area contributed by atoms with Crippen LogP contribution in [0.5, 0.6) is 0 Å². The van der Waals surface area contributed by atoms with Crippen molar-refractivity contribution < 1.29 is 21.4 Å². The van der Waals surface area contributed by atoms with Gasteiger partial charge in [0.15, 0.2) is 0 Å². The zero-order valence-corrected chi connectivity index (χ0v) is 12.2. The van der Waals surface area contributed by atoms with Gasteiger partial charge in [-0.25, -0.2) is 8.42 Å². The Bertz CT molecular complexity index is 334. The first kappa shape index (κ1) is 16.6. The quantitative estimate of drug-likeness (QED) is 0.387. The van der Waals surface area contributed by atoms with Crippen molar-refractivity contribution in [1.29, 1.82) is 0 Å². The molecular weight excluding hydrogens is 292 g/mol. The number of hydrogen-bond acceptors (Lipinski definition) is 6. The van der Waals surface area contributed by atoms with Crippen molar-refractivity contribution in [2.75, 3.05) is 29.3 Å². The third kappa shape index (κ3) is 14.6. The molecule has 0 heterocycles. The van der Waals surface area contributed by atoms with E-state index < -0.39 is 20.0 Å². The van der Waals surface area contributed by atoms with Gasteiger partial charge in [-0.1, -0.05) is 21.6 Å². The average Bonchev–Trinajstić information content (AvgIpc) is 2.06. The van der Waals surface area contributed by atoms with Crippen LogP contribution in [0.15, 0.2) is 0 Å². The minimum Gasteiger partial charge on any atom is -0.286 e. The van der Waals surface area contributed by atoms with Gasteiger partial charge in [0.1, 0.15) is 9.84 Å². The predicted octanol–water partition coefficient (Wildman–Crippen LogP) is 1.08. The standard InChI is InChI=1S/C7H16O5S4/c1-15(8,9)6-2-4-13-14-5-3-7-16(10,11)12/h2-7H2,1H3,(H,10,11,12). The zero-order valence-electron chi connectivity index (χ0n) is 8.96. The molecule has 0 aliphatic carbocycles. The van der Waals surface area contributed by atoms with Crippen LogP contribution >= 0.6 is 21.6 Å². The summed E-state index contributed by atoms with van der Waals surface area (Å²) in [6.45, 7) is 0. The van der Waals surface area contributed by atoms with E-state index in [2.05, 4.69) is 0 Å². The number of hydrogen-bond donors (Lipinski definition) is 1. The first-order chi connectivity index (χ1) is 7.21. The van der Waals surface area contributed by atoms with Crippen LogP contribution in [0.1, 0.15) is 12.8 Å². The van der Waals surface area contributed by atoms with Crippen LogP contribution in [0, 0.1) is 0 Å². The van der Waals surface area contributed by atoms with E-state index in [1.165, 1.54) is 27.8 Å². The van der Waals surface area contributed by atoms with Crippen molar-refractivity contribution in [3.05, 3.63) is 0 Å². The van der Waals surface area contributed by atoms with Crippen LogP contribution in [0.2, 0.25) is 0 Å². The molecule has 9 heteroatoms. The van der Waals surface area contributed by atoms with E-state index in [1.54, 1.807) is 0 Å². The Balaban J connectivity index is 3.29. The molecule has 0 unspecified atom stereocenters. The average molecular weight is 308 g/mol. The van der Waals surface area contributed by atoms with Crippen LogP contribution in [0.4, 0.5) is 0 Å². The molecule has 0 spiro atoms. The molecule has 0 atom stereocenters. The van der Waals surface area contributed by atoms with Gasteiger partial charge in [-0.05, 0) is 12.8 Å². The summed E-state index contributed by atoms with van der Waals surface area (Å²) < 4.78 is 50.7. The summed E-state index contributed by atoms with van der Waals surface area (Å²) in [4.78, 5) is 0. The molecule has 0 aromatic carbocycles. The van der Waals surface area contributed by atoms with Crippen molar-refractivity contribution in [1.82, 2.24) is 0 Å². The van der Waals surface area contributed by atoms with E-state index in [4.69, 9.17) is 4.55 Å². The van der Waals surface area contributed by atoms with Crippen LogP contribution in [0.25, 0.3) is 0 Å². The maximum atomic E-state index is 10.8. The molecule has 0 saturated heterocycles. The van der Waals surface area contributed by atoms with E-state index in [1.807, 2.05) is 0 Å². The Hall–Kier alpha value is 0.560. The van der Waals surface area contributed by atoms with Crippen LogP contribution in [-0.2, 0) is 20.0 Å². The van der Waals surface area contributed by atoms with Crippen LogP contribution in [0.3, 0.4) is 0 Å². The Labute approximate surface area is 105 Å². The largest absolute Gasteiger partial charge is 0.286 e. The van der Waals surface area contributed by atoms with Gasteiger partial charge in [-0.15, -0.1) is 0 Å². The minimum atomic E-state index is -3.84. The lowest BCUT2D eigenvalue weighted by Crippen LogP contribution is -2.04. The van der Waals surface area contributed by atoms with E-state index in [0.29, 0.717) is 18.6 Å². The lowest BCUT2D eigenvalue weighted by atomic mass is 10.6. The SMILES string of the molecule is CS(=O)(=O)CCCSSCCCS(=O)(=O)O. The molecule has 0 amide bonds. The van der Waals surface area contributed by atoms with Gasteiger partial charge in [0.25, 0.3) is 10.1 Å². The Morgan fingerprint density at radius 2 is 1.38 bits per heavy atom. The van der Waals surface area contributed by atoms with Gasteiger partial charge in [0, 0.05) is 17.8 Å². The highest BCUT2D eigenvalue weighted by molar-refractivity contribution is 8.76. The molecule has 0 radical (unpaired) electrons. The zero-order chi connectivity index (χ0) is 12.7. The molecule has 0 aromatic heterocycles.